The van der Waals surface area contributed by atoms with Gasteiger partial charge in [-0.3, -0.25) is 0 Å². The van der Waals surface area contributed by atoms with E-state index in [1.165, 1.54) is 6.07 Å². The molecule has 0 aliphatic heterocycles. The number of ether oxygens (including phenoxy) is 1. The maximum absolute atomic E-state index is 13.2. The van der Waals surface area contributed by atoms with Gasteiger partial charge in [0.15, 0.2) is 0 Å². The fourth-order valence-corrected chi connectivity index (χ4v) is 2.03. The summed E-state index contributed by atoms with van der Waals surface area (Å²) in [5.41, 5.74) is 8.88. The quantitative estimate of drug-likeness (QED) is 0.913. The summed E-state index contributed by atoms with van der Waals surface area (Å²) < 4.78 is 18.3. The summed E-state index contributed by atoms with van der Waals surface area (Å²) >= 11 is 0. The summed E-state index contributed by atoms with van der Waals surface area (Å²) in [6, 6.07) is 12.7. The number of halogens is 1. The van der Waals surface area contributed by atoms with Gasteiger partial charge < -0.3 is 10.5 Å². The van der Waals surface area contributed by atoms with Crippen LogP contribution < -0.4 is 10.5 Å². The Morgan fingerprint density at radius 3 is 2.42 bits per heavy atom. The molecule has 3 heteroatoms. The lowest BCUT2D eigenvalue weighted by Crippen LogP contribution is -2.13. The van der Waals surface area contributed by atoms with Gasteiger partial charge in [-0.15, -0.1) is 0 Å². The highest BCUT2D eigenvalue weighted by atomic mass is 19.1. The van der Waals surface area contributed by atoms with Gasteiger partial charge in [-0.25, -0.2) is 4.39 Å². The third-order valence-electron chi connectivity index (χ3n) is 3.22. The molecule has 19 heavy (non-hydrogen) atoms. The molecule has 0 spiro atoms. The Hall–Kier alpha value is -1.87. The van der Waals surface area contributed by atoms with Crippen molar-refractivity contribution in [3.8, 4) is 5.75 Å². The van der Waals surface area contributed by atoms with E-state index in [4.69, 9.17) is 10.5 Å². The van der Waals surface area contributed by atoms with E-state index in [-0.39, 0.29) is 11.9 Å². The first-order valence-corrected chi connectivity index (χ1v) is 6.24. The molecule has 0 fully saturated rings. The Balaban J connectivity index is 2.10. The molecule has 2 rings (SSSR count). The molecule has 100 valence electrons. The van der Waals surface area contributed by atoms with E-state index in [1.807, 2.05) is 30.3 Å². The Morgan fingerprint density at radius 2 is 1.84 bits per heavy atom. The summed E-state index contributed by atoms with van der Waals surface area (Å²) in [5, 5.41) is 0. The number of rotatable bonds is 4. The van der Waals surface area contributed by atoms with Crippen molar-refractivity contribution in [1.82, 2.24) is 0 Å². The second kappa shape index (κ2) is 5.85. The van der Waals surface area contributed by atoms with Gasteiger partial charge in [0, 0.05) is 6.04 Å². The standard InChI is InChI=1S/C16H18FNO/c1-11-9-13(5-8-15(11)17)16(18)10-12-3-6-14(19-2)7-4-12/h3-9,16H,10,18H2,1-2H3. The van der Waals surface area contributed by atoms with Crippen molar-refractivity contribution in [2.24, 2.45) is 5.73 Å². The molecule has 1 atom stereocenters. The van der Waals surface area contributed by atoms with Gasteiger partial charge in [0.2, 0.25) is 0 Å². The molecule has 0 aliphatic rings. The van der Waals surface area contributed by atoms with Crippen molar-refractivity contribution in [3.05, 3.63) is 65.0 Å². The minimum atomic E-state index is -0.194. The smallest absolute Gasteiger partial charge is 0.126 e. The van der Waals surface area contributed by atoms with Crippen molar-refractivity contribution in [2.75, 3.05) is 7.11 Å². The van der Waals surface area contributed by atoms with E-state index in [9.17, 15) is 4.39 Å². The van der Waals surface area contributed by atoms with Crippen LogP contribution in [0.1, 0.15) is 22.7 Å². The molecular weight excluding hydrogens is 241 g/mol. The minimum Gasteiger partial charge on any atom is -0.497 e. The molecule has 2 aromatic rings. The fraction of sp³-hybridized carbons (Fsp3) is 0.250. The van der Waals surface area contributed by atoms with Gasteiger partial charge >= 0.3 is 0 Å². The summed E-state index contributed by atoms with van der Waals surface area (Å²) in [6.07, 6.45) is 0.717. The second-order valence-corrected chi connectivity index (χ2v) is 4.67. The normalized spacial score (nSPS) is 12.2. The van der Waals surface area contributed by atoms with E-state index in [2.05, 4.69) is 0 Å². The zero-order valence-electron chi connectivity index (χ0n) is 11.2. The third kappa shape index (κ3) is 3.32. The molecular formula is C16H18FNO. The Labute approximate surface area is 113 Å². The zero-order chi connectivity index (χ0) is 13.8. The second-order valence-electron chi connectivity index (χ2n) is 4.67. The predicted molar refractivity (Wildman–Crippen MR) is 74.8 cm³/mol. The monoisotopic (exact) mass is 259 g/mol. The maximum atomic E-state index is 13.2. The predicted octanol–water partition coefficient (Wildman–Crippen LogP) is 3.39. The largest absolute Gasteiger partial charge is 0.497 e. The number of hydrogen-bond acceptors (Lipinski definition) is 2. The number of aryl methyl sites for hydroxylation is 1. The third-order valence-corrected chi connectivity index (χ3v) is 3.22. The van der Waals surface area contributed by atoms with Gasteiger partial charge in [0.1, 0.15) is 11.6 Å². The molecule has 0 saturated heterocycles. The van der Waals surface area contributed by atoms with E-state index in [0.717, 1.165) is 23.3 Å². The minimum absolute atomic E-state index is 0.132. The Bertz CT molecular complexity index is 551. The van der Waals surface area contributed by atoms with E-state index < -0.39 is 0 Å². The number of hydrogen-bond donors (Lipinski definition) is 1. The lowest BCUT2D eigenvalue weighted by Gasteiger charge is -2.13. The van der Waals surface area contributed by atoms with Crippen LogP contribution in [-0.2, 0) is 6.42 Å². The first-order chi connectivity index (χ1) is 9.10. The lowest BCUT2D eigenvalue weighted by atomic mass is 9.98. The molecule has 0 bridgehead atoms. The molecule has 0 heterocycles. The van der Waals surface area contributed by atoms with Crippen LogP contribution in [0.2, 0.25) is 0 Å². The van der Waals surface area contributed by atoms with Crippen LogP contribution in [0.3, 0.4) is 0 Å². The first-order valence-electron chi connectivity index (χ1n) is 6.24. The van der Waals surface area contributed by atoms with Crippen LogP contribution in [0.25, 0.3) is 0 Å². The van der Waals surface area contributed by atoms with Gasteiger partial charge in [0.05, 0.1) is 7.11 Å². The molecule has 0 amide bonds. The van der Waals surface area contributed by atoms with E-state index >= 15 is 0 Å². The highest BCUT2D eigenvalue weighted by Crippen LogP contribution is 2.20. The Kier molecular flexibility index (Phi) is 4.17. The molecule has 0 aromatic heterocycles. The van der Waals surface area contributed by atoms with E-state index in [0.29, 0.717) is 5.56 Å². The van der Waals surface area contributed by atoms with Gasteiger partial charge in [-0.1, -0.05) is 24.3 Å². The summed E-state index contributed by atoms with van der Waals surface area (Å²) in [5.74, 6) is 0.635. The summed E-state index contributed by atoms with van der Waals surface area (Å²) in [7, 11) is 1.64. The highest BCUT2D eigenvalue weighted by Gasteiger charge is 2.09. The first kappa shape index (κ1) is 13.6. The van der Waals surface area contributed by atoms with Crippen LogP contribution in [0.5, 0.6) is 5.75 Å². The van der Waals surface area contributed by atoms with Crippen molar-refractivity contribution >= 4 is 0 Å². The highest BCUT2D eigenvalue weighted by molar-refractivity contribution is 5.31. The molecule has 0 radical (unpaired) electrons. The molecule has 1 unspecified atom stereocenters. The number of benzene rings is 2. The lowest BCUT2D eigenvalue weighted by molar-refractivity contribution is 0.414. The SMILES string of the molecule is COc1ccc(CC(N)c2ccc(F)c(C)c2)cc1. The number of methoxy groups -OCH3 is 1. The van der Waals surface area contributed by atoms with Crippen LogP contribution in [0, 0.1) is 12.7 Å². The van der Waals surface area contributed by atoms with Gasteiger partial charge in [0.25, 0.3) is 0 Å². The molecule has 0 aliphatic carbocycles. The molecule has 0 saturated carbocycles. The average Bonchev–Trinajstić information content (AvgIpc) is 2.42. The zero-order valence-corrected chi connectivity index (χ0v) is 11.2. The van der Waals surface area contributed by atoms with E-state index in [1.54, 1.807) is 20.1 Å². The molecule has 2 aromatic carbocycles. The molecule has 2 nitrogen and oxygen atoms in total. The summed E-state index contributed by atoms with van der Waals surface area (Å²) in [6.45, 7) is 1.75. The van der Waals surface area contributed by atoms with Crippen molar-refractivity contribution < 1.29 is 9.13 Å². The van der Waals surface area contributed by atoms with Crippen LogP contribution in [0.4, 0.5) is 4.39 Å². The van der Waals surface area contributed by atoms with Gasteiger partial charge in [-0.2, -0.15) is 0 Å². The van der Waals surface area contributed by atoms with Crippen molar-refractivity contribution in [1.29, 1.82) is 0 Å². The fourth-order valence-electron chi connectivity index (χ4n) is 2.03. The average molecular weight is 259 g/mol. The molecule has 2 N–H and O–H groups in total. The maximum Gasteiger partial charge on any atom is 0.126 e. The van der Waals surface area contributed by atoms with Crippen LogP contribution in [0.15, 0.2) is 42.5 Å². The van der Waals surface area contributed by atoms with Crippen molar-refractivity contribution in [2.45, 2.75) is 19.4 Å². The van der Waals surface area contributed by atoms with Crippen molar-refractivity contribution in [3.63, 3.8) is 0 Å². The number of nitrogens with two attached hydrogens (primary N) is 1. The summed E-state index contributed by atoms with van der Waals surface area (Å²) in [4.78, 5) is 0. The topological polar surface area (TPSA) is 35.2 Å². The van der Waals surface area contributed by atoms with Gasteiger partial charge in [-0.05, 0) is 48.2 Å². The van der Waals surface area contributed by atoms with Crippen LogP contribution >= 0.6 is 0 Å². The van der Waals surface area contributed by atoms with Crippen LogP contribution in [-0.4, -0.2) is 7.11 Å². The Morgan fingerprint density at radius 1 is 1.16 bits per heavy atom.